The zero-order valence-corrected chi connectivity index (χ0v) is 20.6. The number of amides is 3. The summed E-state index contributed by atoms with van der Waals surface area (Å²) in [6.45, 7) is 5.39. The molecule has 186 valence electrons. The number of rotatable bonds is 7. The van der Waals surface area contributed by atoms with E-state index in [1.54, 1.807) is 4.90 Å². The highest BCUT2D eigenvalue weighted by molar-refractivity contribution is 5.89. The van der Waals surface area contributed by atoms with Gasteiger partial charge in [0.05, 0.1) is 12.1 Å². The Labute approximate surface area is 203 Å². The van der Waals surface area contributed by atoms with E-state index in [1.165, 1.54) is 6.42 Å². The van der Waals surface area contributed by atoms with Gasteiger partial charge in [0.2, 0.25) is 11.8 Å². The van der Waals surface area contributed by atoms with E-state index in [0.29, 0.717) is 13.1 Å². The van der Waals surface area contributed by atoms with Crippen molar-refractivity contribution in [3.63, 3.8) is 0 Å². The fourth-order valence-corrected chi connectivity index (χ4v) is 5.80. The minimum atomic E-state index is -0.459. The molecule has 3 amide bonds. The fourth-order valence-electron chi connectivity index (χ4n) is 5.80. The molecule has 7 heteroatoms. The van der Waals surface area contributed by atoms with Gasteiger partial charge in [-0.15, -0.1) is 0 Å². The molecule has 0 spiro atoms. The second-order valence-electron chi connectivity index (χ2n) is 10.2. The van der Waals surface area contributed by atoms with Crippen LogP contribution in [-0.2, 0) is 20.9 Å². The molecule has 7 nitrogen and oxygen atoms in total. The van der Waals surface area contributed by atoms with Gasteiger partial charge in [-0.1, -0.05) is 63.4 Å². The predicted octanol–water partition coefficient (Wildman–Crippen LogP) is 4.11. The number of fused-ring (bicyclic) bond motifs is 1. The lowest BCUT2D eigenvalue weighted by molar-refractivity contribution is -0.140. The highest BCUT2D eigenvalue weighted by Gasteiger charge is 2.48. The molecular weight excluding hydrogens is 430 g/mol. The third kappa shape index (κ3) is 5.39. The van der Waals surface area contributed by atoms with Gasteiger partial charge in [0.25, 0.3) is 0 Å². The molecule has 2 aliphatic heterocycles. The Morgan fingerprint density at radius 3 is 2.29 bits per heavy atom. The van der Waals surface area contributed by atoms with Crippen LogP contribution in [0.15, 0.2) is 30.3 Å². The summed E-state index contributed by atoms with van der Waals surface area (Å²) in [6, 6.07) is 9.21. The van der Waals surface area contributed by atoms with Crippen molar-refractivity contribution < 1.29 is 19.1 Å². The van der Waals surface area contributed by atoms with Crippen molar-refractivity contribution in [3.8, 4) is 0 Å². The number of hydrogen-bond acceptors (Lipinski definition) is 4. The van der Waals surface area contributed by atoms with Crippen LogP contribution < -0.4 is 5.32 Å². The van der Waals surface area contributed by atoms with Gasteiger partial charge in [-0.05, 0) is 43.6 Å². The molecule has 1 N–H and O–H groups in total. The summed E-state index contributed by atoms with van der Waals surface area (Å²) < 4.78 is 5.58. The van der Waals surface area contributed by atoms with Crippen molar-refractivity contribution in [1.29, 1.82) is 0 Å². The summed E-state index contributed by atoms with van der Waals surface area (Å²) in [5, 5.41) is 3.13. The lowest BCUT2D eigenvalue weighted by Gasteiger charge is -2.35. The van der Waals surface area contributed by atoms with E-state index < -0.39 is 6.04 Å². The molecular formula is C27H39N3O4. The zero-order valence-electron chi connectivity index (χ0n) is 20.6. The van der Waals surface area contributed by atoms with E-state index in [9.17, 15) is 14.4 Å². The number of hydrogen-bond donors (Lipinski definition) is 1. The average molecular weight is 470 g/mol. The normalized spacial score (nSPS) is 24.4. The lowest BCUT2D eigenvalue weighted by Crippen LogP contribution is -2.55. The summed E-state index contributed by atoms with van der Waals surface area (Å²) in [6.07, 6.45) is 7.35. The van der Waals surface area contributed by atoms with Gasteiger partial charge in [0, 0.05) is 19.0 Å². The van der Waals surface area contributed by atoms with E-state index in [0.717, 1.165) is 50.5 Å². The van der Waals surface area contributed by atoms with Crippen LogP contribution in [0.1, 0.15) is 70.8 Å². The Hall–Kier alpha value is -2.57. The Balaban J connectivity index is 1.40. The molecule has 1 aliphatic carbocycles. The van der Waals surface area contributed by atoms with Gasteiger partial charge in [0.1, 0.15) is 12.6 Å². The van der Waals surface area contributed by atoms with Crippen LogP contribution in [-0.4, -0.2) is 58.9 Å². The lowest BCUT2D eigenvalue weighted by atomic mass is 9.83. The first-order valence-electron chi connectivity index (χ1n) is 13.1. The summed E-state index contributed by atoms with van der Waals surface area (Å²) in [5.74, 6) is 0.100. The maximum absolute atomic E-state index is 13.8. The van der Waals surface area contributed by atoms with Gasteiger partial charge in [-0.3, -0.25) is 9.59 Å². The van der Waals surface area contributed by atoms with Crippen molar-refractivity contribution in [2.45, 2.75) is 89.9 Å². The van der Waals surface area contributed by atoms with Crippen LogP contribution in [0.5, 0.6) is 0 Å². The van der Waals surface area contributed by atoms with Crippen molar-refractivity contribution in [2.24, 2.45) is 11.8 Å². The van der Waals surface area contributed by atoms with E-state index in [2.05, 4.69) is 5.32 Å². The van der Waals surface area contributed by atoms with Crippen LogP contribution in [0, 0.1) is 11.8 Å². The fraction of sp³-hybridized carbons (Fsp3) is 0.667. The maximum atomic E-state index is 13.8. The minimum Gasteiger partial charge on any atom is -0.445 e. The van der Waals surface area contributed by atoms with Crippen molar-refractivity contribution in [3.05, 3.63) is 35.9 Å². The third-order valence-electron chi connectivity index (χ3n) is 8.04. The first-order chi connectivity index (χ1) is 16.5. The molecule has 1 aromatic carbocycles. The Bertz CT molecular complexity index is 855. The van der Waals surface area contributed by atoms with Crippen LogP contribution in [0.3, 0.4) is 0 Å². The maximum Gasteiger partial charge on any atom is 0.410 e. The van der Waals surface area contributed by atoms with Crippen LogP contribution in [0.2, 0.25) is 0 Å². The largest absolute Gasteiger partial charge is 0.445 e. The molecule has 0 radical (unpaired) electrons. The molecule has 4 atom stereocenters. The highest BCUT2D eigenvalue weighted by atomic mass is 16.6. The summed E-state index contributed by atoms with van der Waals surface area (Å²) >= 11 is 0. The molecule has 2 heterocycles. The highest BCUT2D eigenvalue weighted by Crippen LogP contribution is 2.35. The van der Waals surface area contributed by atoms with Crippen molar-refractivity contribution in [1.82, 2.24) is 15.1 Å². The number of nitrogens with zero attached hydrogens (tertiary/aromatic N) is 2. The molecule has 3 fully saturated rings. The third-order valence-corrected chi connectivity index (χ3v) is 8.04. The summed E-state index contributed by atoms with van der Waals surface area (Å²) in [7, 11) is 0. The van der Waals surface area contributed by atoms with Gasteiger partial charge < -0.3 is 19.9 Å². The van der Waals surface area contributed by atoms with Gasteiger partial charge >= 0.3 is 6.09 Å². The first-order valence-corrected chi connectivity index (χ1v) is 13.1. The molecule has 0 aromatic heterocycles. The molecule has 1 saturated carbocycles. The quantitative estimate of drug-likeness (QED) is 0.652. The molecule has 0 bridgehead atoms. The summed E-state index contributed by atoms with van der Waals surface area (Å²) in [4.78, 5) is 43.1. The minimum absolute atomic E-state index is 0.00312. The van der Waals surface area contributed by atoms with E-state index in [-0.39, 0.29) is 48.4 Å². The molecule has 4 rings (SSSR count). The Morgan fingerprint density at radius 1 is 0.971 bits per heavy atom. The van der Waals surface area contributed by atoms with Crippen molar-refractivity contribution >= 4 is 17.9 Å². The van der Waals surface area contributed by atoms with Crippen molar-refractivity contribution in [2.75, 3.05) is 13.1 Å². The van der Waals surface area contributed by atoms with E-state index in [4.69, 9.17) is 4.74 Å². The first kappa shape index (κ1) is 24.6. The second-order valence-corrected chi connectivity index (χ2v) is 10.2. The Kier molecular flexibility index (Phi) is 8.11. The van der Waals surface area contributed by atoms with Crippen LogP contribution in [0.4, 0.5) is 4.79 Å². The van der Waals surface area contributed by atoms with E-state index in [1.807, 2.05) is 49.1 Å². The number of carbonyl (C=O) groups excluding carboxylic acids is 3. The summed E-state index contributed by atoms with van der Waals surface area (Å²) in [5.41, 5.74) is 0.960. The predicted molar refractivity (Wildman–Crippen MR) is 130 cm³/mol. The number of carbonyl (C=O) groups is 3. The van der Waals surface area contributed by atoms with Gasteiger partial charge in [0.15, 0.2) is 0 Å². The Morgan fingerprint density at radius 2 is 1.62 bits per heavy atom. The molecule has 2 saturated heterocycles. The molecule has 34 heavy (non-hydrogen) atoms. The molecule has 3 aliphatic rings. The number of ether oxygens (including phenoxy) is 1. The van der Waals surface area contributed by atoms with E-state index >= 15 is 0 Å². The second kappa shape index (κ2) is 11.2. The number of likely N-dealkylation sites (tertiary alicyclic amines) is 2. The topological polar surface area (TPSA) is 79.0 Å². The monoisotopic (exact) mass is 469 g/mol. The standard InChI is InChI=1S/C27H39N3O4/c1-3-19(2)25(31)28-24(21-12-8-5-9-13-21)26(32)29-16-14-23-22(29)15-17-30(23)27(33)34-18-20-10-6-4-7-11-20/h4,6-7,10-11,19,21-24H,3,5,8-9,12-18H2,1-2H3,(H,28,31)/t19-,22-,23-,24+/m1/s1. The SMILES string of the molecule is CC[C@@H](C)C(=O)N[C@H](C(=O)N1CC[C@@H]2[C@H]1CCN2C(=O)OCc1ccccc1)C1CCCCC1. The van der Waals surface area contributed by atoms with Crippen LogP contribution >= 0.6 is 0 Å². The molecule has 1 aromatic rings. The zero-order chi connectivity index (χ0) is 24.1. The number of benzene rings is 1. The molecule has 0 unspecified atom stereocenters. The van der Waals surface area contributed by atoms with Gasteiger partial charge in [-0.2, -0.15) is 0 Å². The number of nitrogens with one attached hydrogen (secondary N) is 1. The van der Waals surface area contributed by atoms with Gasteiger partial charge in [-0.25, -0.2) is 4.79 Å². The average Bonchev–Trinajstić information content (AvgIpc) is 3.48. The van der Waals surface area contributed by atoms with Crippen LogP contribution in [0.25, 0.3) is 0 Å². The smallest absolute Gasteiger partial charge is 0.410 e.